The lowest BCUT2D eigenvalue weighted by Crippen LogP contribution is -2.35. The second-order valence-corrected chi connectivity index (χ2v) is 5.03. The molecule has 2 rings (SSSR count). The summed E-state index contributed by atoms with van der Waals surface area (Å²) in [5, 5.41) is 12.6. The number of hydrogen-bond acceptors (Lipinski definition) is 3. The molecule has 3 heteroatoms. The summed E-state index contributed by atoms with van der Waals surface area (Å²) in [5.74, 6) is 0.951. The predicted octanol–water partition coefficient (Wildman–Crippen LogP) is 2.13. The largest absolute Gasteiger partial charge is 0.489 e. The predicted molar refractivity (Wildman–Crippen MR) is 73.8 cm³/mol. The molecule has 0 saturated heterocycles. The van der Waals surface area contributed by atoms with Gasteiger partial charge in [-0.05, 0) is 44.6 Å². The van der Waals surface area contributed by atoms with E-state index in [2.05, 4.69) is 37.4 Å². The zero-order valence-electron chi connectivity index (χ0n) is 11.2. The van der Waals surface area contributed by atoms with Gasteiger partial charge in [0.15, 0.2) is 0 Å². The summed E-state index contributed by atoms with van der Waals surface area (Å²) in [6.07, 6.45) is 1.86. The van der Waals surface area contributed by atoms with Crippen LogP contribution in [0, 0.1) is 6.92 Å². The van der Waals surface area contributed by atoms with Crippen LogP contribution in [0.25, 0.3) is 6.08 Å². The number of hydrogen-bond donors (Lipinski definition) is 2. The van der Waals surface area contributed by atoms with E-state index in [0.717, 1.165) is 11.3 Å². The minimum atomic E-state index is -0.327. The van der Waals surface area contributed by atoms with E-state index in [-0.39, 0.29) is 12.1 Å². The van der Waals surface area contributed by atoms with Gasteiger partial charge < -0.3 is 15.2 Å². The maximum Gasteiger partial charge on any atom is 0.127 e. The van der Waals surface area contributed by atoms with E-state index < -0.39 is 0 Å². The monoisotopic (exact) mass is 247 g/mol. The van der Waals surface area contributed by atoms with Gasteiger partial charge in [0, 0.05) is 18.2 Å². The second kappa shape index (κ2) is 5.55. The van der Waals surface area contributed by atoms with Crippen molar-refractivity contribution in [2.24, 2.45) is 0 Å². The number of nitrogens with one attached hydrogen (secondary N) is 1. The maximum atomic E-state index is 9.28. The summed E-state index contributed by atoms with van der Waals surface area (Å²) >= 11 is 0. The van der Waals surface area contributed by atoms with Crippen molar-refractivity contribution in [3.8, 4) is 5.75 Å². The molecule has 1 aromatic carbocycles. The molecule has 0 aromatic heterocycles. The Labute approximate surface area is 108 Å². The highest BCUT2D eigenvalue weighted by molar-refractivity contribution is 5.63. The fourth-order valence-electron chi connectivity index (χ4n) is 2.04. The first-order valence-electron chi connectivity index (χ1n) is 6.41. The number of aliphatic hydroxyl groups is 1. The van der Waals surface area contributed by atoms with Gasteiger partial charge in [-0.3, -0.25) is 0 Å². The highest BCUT2D eigenvalue weighted by Gasteiger charge is 2.16. The number of ether oxygens (including phenoxy) is 1. The molecule has 0 amide bonds. The van der Waals surface area contributed by atoms with Crippen LogP contribution in [0.5, 0.6) is 5.75 Å². The van der Waals surface area contributed by atoms with E-state index in [1.54, 1.807) is 6.92 Å². The standard InChI is InChI=1S/C15H21NO2/c1-10-4-5-15-13(6-10)7-14(9-18-15)12(3)16-8-11(2)17/h4-7,11-12,16-17H,8-9H2,1-3H3. The molecule has 2 unspecified atom stereocenters. The normalized spacial score (nSPS) is 17.4. The third-order valence-corrected chi connectivity index (χ3v) is 3.18. The van der Waals surface area contributed by atoms with Crippen molar-refractivity contribution < 1.29 is 9.84 Å². The fraction of sp³-hybridized carbons (Fsp3) is 0.467. The van der Waals surface area contributed by atoms with Gasteiger partial charge in [0.05, 0.1) is 6.10 Å². The van der Waals surface area contributed by atoms with Crippen molar-refractivity contribution in [3.63, 3.8) is 0 Å². The van der Waals surface area contributed by atoms with Crippen molar-refractivity contribution in [1.82, 2.24) is 5.32 Å². The lowest BCUT2D eigenvalue weighted by Gasteiger charge is -2.24. The van der Waals surface area contributed by atoms with Crippen molar-refractivity contribution in [2.45, 2.75) is 32.9 Å². The average Bonchev–Trinajstić information content (AvgIpc) is 2.34. The Bertz CT molecular complexity index is 452. The Balaban J connectivity index is 2.11. The van der Waals surface area contributed by atoms with Gasteiger partial charge in [0.1, 0.15) is 12.4 Å². The van der Waals surface area contributed by atoms with Crippen LogP contribution in [0.3, 0.4) is 0 Å². The maximum absolute atomic E-state index is 9.28. The zero-order valence-corrected chi connectivity index (χ0v) is 11.2. The molecule has 1 aromatic rings. The van der Waals surface area contributed by atoms with Crippen LogP contribution < -0.4 is 10.1 Å². The molecule has 18 heavy (non-hydrogen) atoms. The number of aliphatic hydroxyl groups excluding tert-OH is 1. The summed E-state index contributed by atoms with van der Waals surface area (Å²) in [6, 6.07) is 6.43. The molecule has 2 N–H and O–H groups in total. The molecule has 0 spiro atoms. The second-order valence-electron chi connectivity index (χ2n) is 5.03. The molecule has 0 radical (unpaired) electrons. The summed E-state index contributed by atoms with van der Waals surface area (Å²) < 4.78 is 5.75. The van der Waals surface area contributed by atoms with Crippen molar-refractivity contribution in [3.05, 3.63) is 34.9 Å². The van der Waals surface area contributed by atoms with Crippen LogP contribution in [-0.4, -0.2) is 30.4 Å². The van der Waals surface area contributed by atoms with Crippen molar-refractivity contribution in [1.29, 1.82) is 0 Å². The Morgan fingerprint density at radius 2 is 2.17 bits per heavy atom. The summed E-state index contributed by atoms with van der Waals surface area (Å²) in [5.41, 5.74) is 3.59. The van der Waals surface area contributed by atoms with E-state index in [0.29, 0.717) is 13.2 Å². The van der Waals surface area contributed by atoms with Gasteiger partial charge >= 0.3 is 0 Å². The SMILES string of the molecule is Cc1ccc2c(c1)C=C(C(C)NCC(C)O)CO2. The van der Waals surface area contributed by atoms with Crippen molar-refractivity contribution >= 4 is 6.08 Å². The highest BCUT2D eigenvalue weighted by Crippen LogP contribution is 2.28. The molecular formula is C15H21NO2. The topological polar surface area (TPSA) is 41.5 Å². The Hall–Kier alpha value is -1.32. The lowest BCUT2D eigenvalue weighted by atomic mass is 10.0. The average molecular weight is 247 g/mol. The van der Waals surface area contributed by atoms with Crippen LogP contribution in [-0.2, 0) is 0 Å². The molecule has 1 aliphatic heterocycles. The van der Waals surface area contributed by atoms with Crippen LogP contribution in [0.1, 0.15) is 25.0 Å². The van der Waals surface area contributed by atoms with Crippen LogP contribution in [0.15, 0.2) is 23.8 Å². The van der Waals surface area contributed by atoms with Gasteiger partial charge in [-0.1, -0.05) is 11.6 Å². The molecule has 0 bridgehead atoms. The molecule has 2 atom stereocenters. The van der Waals surface area contributed by atoms with E-state index in [1.807, 2.05) is 6.07 Å². The molecule has 0 fully saturated rings. The molecule has 3 nitrogen and oxygen atoms in total. The van der Waals surface area contributed by atoms with Crippen LogP contribution >= 0.6 is 0 Å². The summed E-state index contributed by atoms with van der Waals surface area (Å²) in [4.78, 5) is 0. The summed E-state index contributed by atoms with van der Waals surface area (Å²) in [7, 11) is 0. The van der Waals surface area contributed by atoms with E-state index in [1.165, 1.54) is 11.1 Å². The molecule has 0 saturated carbocycles. The van der Waals surface area contributed by atoms with Gasteiger partial charge in [-0.15, -0.1) is 0 Å². The van der Waals surface area contributed by atoms with Crippen LogP contribution in [0.4, 0.5) is 0 Å². The smallest absolute Gasteiger partial charge is 0.127 e. The number of fused-ring (bicyclic) bond motifs is 1. The first-order valence-corrected chi connectivity index (χ1v) is 6.41. The minimum Gasteiger partial charge on any atom is -0.489 e. The molecule has 1 heterocycles. The lowest BCUT2D eigenvalue weighted by molar-refractivity contribution is 0.188. The third kappa shape index (κ3) is 3.12. The molecular weight excluding hydrogens is 226 g/mol. The Morgan fingerprint density at radius 1 is 1.39 bits per heavy atom. The fourth-order valence-corrected chi connectivity index (χ4v) is 2.04. The van der Waals surface area contributed by atoms with Crippen molar-refractivity contribution in [2.75, 3.05) is 13.2 Å². The first-order chi connectivity index (χ1) is 8.56. The summed E-state index contributed by atoms with van der Waals surface area (Å²) in [6.45, 7) is 7.17. The number of aryl methyl sites for hydroxylation is 1. The minimum absolute atomic E-state index is 0.216. The first kappa shape index (κ1) is 13.1. The number of rotatable bonds is 4. The quantitative estimate of drug-likeness (QED) is 0.856. The molecule has 0 aliphatic carbocycles. The Kier molecular flexibility index (Phi) is 4.04. The molecule has 98 valence electrons. The van der Waals surface area contributed by atoms with E-state index in [4.69, 9.17) is 4.74 Å². The van der Waals surface area contributed by atoms with Gasteiger partial charge in [-0.2, -0.15) is 0 Å². The van der Waals surface area contributed by atoms with Gasteiger partial charge in [0.2, 0.25) is 0 Å². The van der Waals surface area contributed by atoms with E-state index in [9.17, 15) is 5.11 Å². The molecule has 1 aliphatic rings. The van der Waals surface area contributed by atoms with Crippen LogP contribution in [0.2, 0.25) is 0 Å². The van der Waals surface area contributed by atoms with Gasteiger partial charge in [-0.25, -0.2) is 0 Å². The zero-order chi connectivity index (χ0) is 13.1. The third-order valence-electron chi connectivity index (χ3n) is 3.18. The van der Waals surface area contributed by atoms with Gasteiger partial charge in [0.25, 0.3) is 0 Å². The number of benzene rings is 1. The highest BCUT2D eigenvalue weighted by atomic mass is 16.5. The Morgan fingerprint density at radius 3 is 2.89 bits per heavy atom. The van der Waals surface area contributed by atoms with E-state index >= 15 is 0 Å².